The molecule has 19 heteroatoms. The van der Waals surface area contributed by atoms with Crippen LogP contribution in [0.3, 0.4) is 0 Å². The molecule has 0 aliphatic heterocycles. The number of carbonyl (C=O) groups excluding carboxylic acids is 4. The van der Waals surface area contributed by atoms with E-state index >= 15 is 0 Å². The second-order valence-electron chi connectivity index (χ2n) is 32.2. The van der Waals surface area contributed by atoms with Crippen LogP contribution in [0.1, 0.15) is 484 Å². The van der Waals surface area contributed by atoms with Gasteiger partial charge in [0.25, 0.3) is 0 Å². The molecule has 0 saturated heterocycles. The molecule has 0 fully saturated rings. The van der Waals surface area contributed by atoms with E-state index in [0.717, 1.165) is 102 Å². The number of esters is 4. The fourth-order valence-corrected chi connectivity index (χ4v) is 15.5. The van der Waals surface area contributed by atoms with Gasteiger partial charge in [0.2, 0.25) is 0 Å². The fourth-order valence-electron chi connectivity index (χ4n) is 14.0. The van der Waals surface area contributed by atoms with E-state index in [1.165, 1.54) is 302 Å². The SMILES string of the molecule is CCCCCCCCCCCCCCCCCCCCCCCCC(=O)O[C@H](COC(=O)CCCCCCCCCCCCCCCCCCCCCC)COP(=O)(O)OC[C@@H](O)COP(=O)(O)OC[C@@H](COC(=O)CCCCCCCCC(C)CC)OC(=O)CCCCCCCCCCCCCCCCCC. The quantitative estimate of drug-likeness (QED) is 0.0222. The van der Waals surface area contributed by atoms with Gasteiger partial charge in [-0.15, -0.1) is 0 Å². The maximum absolute atomic E-state index is 13.2. The Morgan fingerprint density at radius 2 is 0.444 bits per heavy atom. The van der Waals surface area contributed by atoms with Crippen molar-refractivity contribution in [2.24, 2.45) is 5.92 Å². The predicted octanol–water partition coefficient (Wildman–Crippen LogP) is 27.5. The van der Waals surface area contributed by atoms with Crippen molar-refractivity contribution in [2.45, 2.75) is 502 Å². The highest BCUT2D eigenvalue weighted by atomic mass is 31.2. The number of aliphatic hydroxyl groups excluding tert-OH is 1. The standard InChI is InChI=1S/C89H174O17P2/c1-6-10-13-16-19-22-25-28-31-34-36-38-39-41-43-46-49-52-55-58-65-70-74-88(93)105-84(78-99-86(91)72-67-62-56-53-50-47-45-42-40-37-35-32-29-26-23-20-17-14-11-7-2)80-103-107(95,96)101-76-83(90)77-102-108(97,98)104-81-85(79-100-87(92)73-68-63-60-59-61-66-71-82(5)9-4)106-89(94)75-69-64-57-54-51-48-44-33-30-27-24-21-18-15-12-8-3/h82-85,90H,6-81H2,1-5H3,(H,95,96)(H,97,98)/t82?,83-,84-,85-/m1/s1. The molecule has 0 spiro atoms. The lowest BCUT2D eigenvalue weighted by atomic mass is 10.00. The minimum atomic E-state index is -4.97. The van der Waals surface area contributed by atoms with Gasteiger partial charge in [-0.3, -0.25) is 37.3 Å². The van der Waals surface area contributed by atoms with Gasteiger partial charge in [0, 0.05) is 25.7 Å². The van der Waals surface area contributed by atoms with E-state index in [-0.39, 0.29) is 25.7 Å². The van der Waals surface area contributed by atoms with E-state index in [9.17, 15) is 43.2 Å². The van der Waals surface area contributed by atoms with E-state index in [0.29, 0.717) is 25.7 Å². The van der Waals surface area contributed by atoms with Crippen molar-refractivity contribution in [3.63, 3.8) is 0 Å². The number of ether oxygens (including phenoxy) is 4. The van der Waals surface area contributed by atoms with Gasteiger partial charge in [-0.05, 0) is 31.6 Å². The van der Waals surface area contributed by atoms with Crippen LogP contribution in [-0.2, 0) is 65.4 Å². The van der Waals surface area contributed by atoms with Crippen LogP contribution in [-0.4, -0.2) is 96.7 Å². The van der Waals surface area contributed by atoms with Crippen LogP contribution < -0.4 is 0 Å². The number of hydrogen-bond acceptors (Lipinski definition) is 15. The monoisotopic (exact) mass is 1580 g/mol. The molecule has 0 rings (SSSR count). The summed E-state index contributed by atoms with van der Waals surface area (Å²) in [5.41, 5.74) is 0. The molecule has 0 aromatic carbocycles. The van der Waals surface area contributed by atoms with Crippen LogP contribution in [0.2, 0.25) is 0 Å². The molecule has 0 aromatic rings. The highest BCUT2D eigenvalue weighted by molar-refractivity contribution is 7.47. The second kappa shape index (κ2) is 81.6. The lowest BCUT2D eigenvalue weighted by molar-refractivity contribution is -0.161. The van der Waals surface area contributed by atoms with Crippen molar-refractivity contribution in [1.29, 1.82) is 0 Å². The van der Waals surface area contributed by atoms with Crippen LogP contribution in [0.15, 0.2) is 0 Å². The van der Waals surface area contributed by atoms with E-state index in [2.05, 4.69) is 34.6 Å². The van der Waals surface area contributed by atoms with Crippen LogP contribution in [0.4, 0.5) is 0 Å². The Morgan fingerprint density at radius 3 is 0.657 bits per heavy atom. The molecule has 3 unspecified atom stereocenters. The molecule has 17 nitrogen and oxygen atoms in total. The summed E-state index contributed by atoms with van der Waals surface area (Å²) in [5, 5.41) is 10.7. The molecule has 0 aliphatic rings. The summed E-state index contributed by atoms with van der Waals surface area (Å²) in [7, 11) is -9.93. The fraction of sp³-hybridized carbons (Fsp3) is 0.955. The van der Waals surface area contributed by atoms with E-state index in [1.807, 2.05) is 0 Å². The first-order chi connectivity index (χ1) is 52.6. The molecular formula is C89H174O17P2. The van der Waals surface area contributed by atoms with Crippen LogP contribution in [0, 0.1) is 5.92 Å². The number of phosphoric acid groups is 2. The Labute approximate surface area is 664 Å². The van der Waals surface area contributed by atoms with Crippen LogP contribution in [0.25, 0.3) is 0 Å². The Balaban J connectivity index is 5.21. The molecule has 0 amide bonds. The Morgan fingerprint density at radius 1 is 0.259 bits per heavy atom. The van der Waals surface area contributed by atoms with Gasteiger partial charge in [-0.1, -0.05) is 433 Å². The molecule has 0 radical (unpaired) electrons. The largest absolute Gasteiger partial charge is 0.472 e. The number of carbonyl (C=O) groups is 4. The topological polar surface area (TPSA) is 237 Å². The summed E-state index contributed by atoms with van der Waals surface area (Å²) in [4.78, 5) is 73.3. The molecule has 108 heavy (non-hydrogen) atoms. The normalized spacial score (nSPS) is 14.0. The summed E-state index contributed by atoms with van der Waals surface area (Å²) in [6.07, 6.45) is 76.6. The molecule has 642 valence electrons. The number of aliphatic hydroxyl groups is 1. The third-order valence-electron chi connectivity index (χ3n) is 21.4. The number of hydrogen-bond donors (Lipinski definition) is 3. The zero-order chi connectivity index (χ0) is 79.0. The maximum atomic E-state index is 13.2. The molecule has 3 N–H and O–H groups in total. The second-order valence-corrected chi connectivity index (χ2v) is 35.1. The zero-order valence-electron chi connectivity index (χ0n) is 71.0. The Bertz CT molecular complexity index is 2050. The molecular weight excluding hydrogens is 1400 g/mol. The van der Waals surface area contributed by atoms with Gasteiger partial charge in [0.15, 0.2) is 12.2 Å². The smallest absolute Gasteiger partial charge is 0.462 e. The first kappa shape index (κ1) is 106. The molecule has 0 aliphatic carbocycles. The third-order valence-corrected chi connectivity index (χ3v) is 23.3. The maximum Gasteiger partial charge on any atom is 0.472 e. The van der Waals surface area contributed by atoms with Crippen molar-refractivity contribution in [3.8, 4) is 0 Å². The summed E-state index contributed by atoms with van der Waals surface area (Å²) in [5.74, 6) is -1.37. The number of unbranched alkanes of at least 4 members (excludes halogenated alkanes) is 60. The first-order valence-corrected chi connectivity index (χ1v) is 49.2. The van der Waals surface area contributed by atoms with Crippen LogP contribution in [0.5, 0.6) is 0 Å². The van der Waals surface area contributed by atoms with Crippen molar-refractivity contribution >= 4 is 39.5 Å². The first-order valence-electron chi connectivity index (χ1n) is 46.2. The van der Waals surface area contributed by atoms with Crippen molar-refractivity contribution in [3.05, 3.63) is 0 Å². The Hall–Kier alpha value is -1.94. The van der Waals surface area contributed by atoms with Gasteiger partial charge in [0.1, 0.15) is 19.3 Å². The highest BCUT2D eigenvalue weighted by Crippen LogP contribution is 2.45. The minimum Gasteiger partial charge on any atom is -0.462 e. The number of rotatable bonds is 89. The molecule has 0 aromatic heterocycles. The molecule has 0 heterocycles. The van der Waals surface area contributed by atoms with Gasteiger partial charge in [0.05, 0.1) is 26.4 Å². The molecule has 0 saturated carbocycles. The zero-order valence-corrected chi connectivity index (χ0v) is 72.8. The van der Waals surface area contributed by atoms with E-state index in [1.54, 1.807) is 0 Å². The predicted molar refractivity (Wildman–Crippen MR) is 446 cm³/mol. The summed E-state index contributed by atoms with van der Waals surface area (Å²) in [6.45, 7) is 7.34. The Kier molecular flexibility index (Phi) is 80.2. The molecule has 6 atom stereocenters. The highest BCUT2D eigenvalue weighted by Gasteiger charge is 2.31. The molecule has 0 bridgehead atoms. The van der Waals surface area contributed by atoms with Gasteiger partial charge < -0.3 is 33.8 Å². The summed E-state index contributed by atoms with van der Waals surface area (Å²) in [6, 6.07) is 0. The van der Waals surface area contributed by atoms with Gasteiger partial charge in [-0.25, -0.2) is 9.13 Å². The average Bonchev–Trinajstić information content (AvgIpc) is 0.899. The summed E-state index contributed by atoms with van der Waals surface area (Å²) >= 11 is 0. The van der Waals surface area contributed by atoms with Crippen molar-refractivity contribution < 1.29 is 80.2 Å². The minimum absolute atomic E-state index is 0.108. The van der Waals surface area contributed by atoms with Crippen molar-refractivity contribution in [1.82, 2.24) is 0 Å². The van der Waals surface area contributed by atoms with Crippen molar-refractivity contribution in [2.75, 3.05) is 39.6 Å². The lowest BCUT2D eigenvalue weighted by Gasteiger charge is -2.21. The third kappa shape index (κ3) is 80.7. The summed E-state index contributed by atoms with van der Waals surface area (Å²) < 4.78 is 69.0. The van der Waals surface area contributed by atoms with Gasteiger partial charge >= 0.3 is 39.5 Å². The van der Waals surface area contributed by atoms with Gasteiger partial charge in [-0.2, -0.15) is 0 Å². The van der Waals surface area contributed by atoms with E-state index < -0.39 is 97.5 Å². The average molecular weight is 1580 g/mol. The van der Waals surface area contributed by atoms with Crippen LogP contribution >= 0.6 is 15.6 Å². The number of phosphoric ester groups is 2. The van der Waals surface area contributed by atoms with E-state index in [4.69, 9.17) is 37.0 Å². The lowest BCUT2D eigenvalue weighted by Crippen LogP contribution is -2.30.